The van der Waals surface area contributed by atoms with Gasteiger partial charge in [-0.05, 0) is 105 Å². The number of fused-ring (bicyclic) bond motifs is 5. The van der Waals surface area contributed by atoms with Gasteiger partial charge in [0.1, 0.15) is 0 Å². The Morgan fingerprint density at radius 3 is 2.41 bits per heavy atom. The fourth-order valence-electron chi connectivity index (χ4n) is 8.73. The number of epoxide rings is 1. The zero-order valence-corrected chi connectivity index (χ0v) is 16.8. The van der Waals surface area contributed by atoms with Crippen molar-refractivity contribution in [3.05, 3.63) is 0 Å². The summed E-state index contributed by atoms with van der Waals surface area (Å²) in [6.07, 6.45) is 5.55. The van der Waals surface area contributed by atoms with Crippen molar-refractivity contribution in [3.63, 3.8) is 0 Å². The SMILES string of the molecule is CC1CC(CC2CO2)[C@@]2(C)CCC3[C@@H](CC[C@@H]4C[C@@H](C(F)(F)F)CC[C@H]34)C12. The quantitative estimate of drug-likeness (QED) is 0.497. The van der Waals surface area contributed by atoms with E-state index < -0.39 is 12.1 Å². The molecule has 0 spiro atoms. The van der Waals surface area contributed by atoms with Crippen LogP contribution < -0.4 is 0 Å². The molecule has 4 heteroatoms. The molecule has 10 atom stereocenters. The largest absolute Gasteiger partial charge is 0.391 e. The average Bonchev–Trinajstić information content (AvgIpc) is 3.39. The monoisotopic (exact) mass is 384 g/mol. The molecule has 4 saturated carbocycles. The molecule has 1 saturated heterocycles. The molecule has 0 aromatic heterocycles. The smallest absolute Gasteiger partial charge is 0.373 e. The number of hydrogen-bond acceptors (Lipinski definition) is 1. The van der Waals surface area contributed by atoms with E-state index in [1.165, 1.54) is 32.1 Å². The maximum atomic E-state index is 13.3. The van der Waals surface area contributed by atoms with Crippen LogP contribution in [0.15, 0.2) is 0 Å². The Morgan fingerprint density at radius 1 is 0.963 bits per heavy atom. The molecule has 1 aliphatic heterocycles. The zero-order chi connectivity index (χ0) is 19.0. The van der Waals surface area contributed by atoms with Crippen LogP contribution in [0.25, 0.3) is 0 Å². The first-order valence-corrected chi connectivity index (χ1v) is 11.5. The fourth-order valence-corrected chi connectivity index (χ4v) is 8.73. The molecule has 0 radical (unpaired) electrons. The minimum Gasteiger partial charge on any atom is -0.373 e. The lowest BCUT2D eigenvalue weighted by Gasteiger charge is -2.57. The predicted octanol–water partition coefficient (Wildman–Crippen LogP) is 6.47. The topological polar surface area (TPSA) is 12.5 Å². The second-order valence-corrected chi connectivity index (χ2v) is 11.1. The van der Waals surface area contributed by atoms with Crippen LogP contribution in [0.1, 0.15) is 71.6 Å². The molecule has 5 fully saturated rings. The lowest BCUT2D eigenvalue weighted by atomic mass is 9.48. The van der Waals surface area contributed by atoms with E-state index in [4.69, 9.17) is 4.74 Å². The first-order chi connectivity index (χ1) is 12.8. The van der Waals surface area contributed by atoms with Crippen LogP contribution >= 0.6 is 0 Å². The highest BCUT2D eigenvalue weighted by Crippen LogP contribution is 2.67. The number of halogens is 3. The van der Waals surface area contributed by atoms with Crippen LogP contribution in [0.5, 0.6) is 0 Å². The Balaban J connectivity index is 1.33. The van der Waals surface area contributed by atoms with Crippen molar-refractivity contribution in [1.29, 1.82) is 0 Å². The van der Waals surface area contributed by atoms with Gasteiger partial charge in [-0.15, -0.1) is 0 Å². The summed E-state index contributed by atoms with van der Waals surface area (Å²) in [5.74, 6) is 3.72. The van der Waals surface area contributed by atoms with Crippen molar-refractivity contribution in [1.82, 2.24) is 0 Å². The minimum atomic E-state index is -3.98. The summed E-state index contributed by atoms with van der Waals surface area (Å²) in [4.78, 5) is 0. The van der Waals surface area contributed by atoms with Gasteiger partial charge < -0.3 is 4.74 Å². The number of rotatable bonds is 2. The van der Waals surface area contributed by atoms with Crippen molar-refractivity contribution in [2.45, 2.75) is 83.9 Å². The van der Waals surface area contributed by atoms with E-state index in [1.54, 1.807) is 0 Å². The molecule has 0 aromatic carbocycles. The van der Waals surface area contributed by atoms with Gasteiger partial charge in [0.05, 0.1) is 18.6 Å². The van der Waals surface area contributed by atoms with E-state index in [0.29, 0.717) is 42.1 Å². The molecule has 5 aliphatic rings. The van der Waals surface area contributed by atoms with Gasteiger partial charge in [-0.2, -0.15) is 13.2 Å². The second kappa shape index (κ2) is 6.37. The van der Waals surface area contributed by atoms with Crippen molar-refractivity contribution < 1.29 is 17.9 Å². The first-order valence-electron chi connectivity index (χ1n) is 11.5. The van der Waals surface area contributed by atoms with Crippen LogP contribution in [-0.2, 0) is 4.74 Å². The molecule has 154 valence electrons. The van der Waals surface area contributed by atoms with E-state index in [9.17, 15) is 13.2 Å². The molecule has 0 bridgehead atoms. The highest BCUT2D eigenvalue weighted by atomic mass is 19.4. The van der Waals surface area contributed by atoms with Gasteiger partial charge in [0.2, 0.25) is 0 Å². The van der Waals surface area contributed by atoms with E-state index in [1.807, 2.05) is 0 Å². The Labute approximate surface area is 161 Å². The molecule has 0 N–H and O–H groups in total. The summed E-state index contributed by atoms with van der Waals surface area (Å²) < 4.78 is 45.3. The lowest BCUT2D eigenvalue weighted by Crippen LogP contribution is -2.50. The zero-order valence-electron chi connectivity index (χ0n) is 16.8. The summed E-state index contributed by atoms with van der Waals surface area (Å²) in [5.41, 5.74) is 0.447. The Bertz CT molecular complexity index is 570. The van der Waals surface area contributed by atoms with E-state index in [2.05, 4.69) is 13.8 Å². The van der Waals surface area contributed by atoms with E-state index in [-0.39, 0.29) is 0 Å². The third-order valence-electron chi connectivity index (χ3n) is 9.87. The maximum Gasteiger partial charge on any atom is 0.391 e. The fraction of sp³-hybridized carbons (Fsp3) is 1.00. The van der Waals surface area contributed by atoms with Crippen molar-refractivity contribution in [2.75, 3.05) is 6.61 Å². The van der Waals surface area contributed by atoms with Gasteiger partial charge in [-0.3, -0.25) is 0 Å². The molecule has 5 rings (SSSR count). The summed E-state index contributed by atoms with van der Waals surface area (Å²) >= 11 is 0. The van der Waals surface area contributed by atoms with Crippen LogP contribution in [-0.4, -0.2) is 18.9 Å². The molecule has 5 unspecified atom stereocenters. The lowest BCUT2D eigenvalue weighted by molar-refractivity contribution is -0.196. The highest BCUT2D eigenvalue weighted by molar-refractivity contribution is 5.08. The molecule has 1 nitrogen and oxygen atoms in total. The summed E-state index contributed by atoms with van der Waals surface area (Å²) in [6, 6.07) is 0. The third kappa shape index (κ3) is 3.07. The number of hydrogen-bond donors (Lipinski definition) is 0. The van der Waals surface area contributed by atoms with Crippen LogP contribution in [0.3, 0.4) is 0 Å². The molecule has 4 aliphatic carbocycles. The summed E-state index contributed by atoms with van der Waals surface area (Å²) in [6.45, 7) is 5.98. The maximum absolute atomic E-state index is 13.3. The number of ether oxygens (including phenoxy) is 1. The van der Waals surface area contributed by atoms with E-state index in [0.717, 1.165) is 43.1 Å². The van der Waals surface area contributed by atoms with Gasteiger partial charge >= 0.3 is 6.18 Å². The van der Waals surface area contributed by atoms with Gasteiger partial charge in [0.15, 0.2) is 0 Å². The molecule has 27 heavy (non-hydrogen) atoms. The second-order valence-electron chi connectivity index (χ2n) is 11.1. The Hall–Kier alpha value is -0.250. The van der Waals surface area contributed by atoms with Gasteiger partial charge in [-0.1, -0.05) is 13.8 Å². The molecule has 0 amide bonds. The average molecular weight is 385 g/mol. The Morgan fingerprint density at radius 2 is 1.70 bits per heavy atom. The molecular weight excluding hydrogens is 349 g/mol. The Kier molecular flexibility index (Phi) is 4.43. The number of alkyl halides is 3. The van der Waals surface area contributed by atoms with Gasteiger partial charge in [0.25, 0.3) is 0 Å². The summed E-state index contributed by atoms with van der Waals surface area (Å²) in [5, 5.41) is 0. The molecule has 0 aromatic rings. The highest BCUT2D eigenvalue weighted by Gasteiger charge is 2.60. The van der Waals surface area contributed by atoms with Crippen molar-refractivity contribution >= 4 is 0 Å². The third-order valence-corrected chi connectivity index (χ3v) is 9.87. The predicted molar refractivity (Wildman–Crippen MR) is 99.0 cm³/mol. The van der Waals surface area contributed by atoms with Crippen LogP contribution in [0, 0.1) is 52.8 Å². The van der Waals surface area contributed by atoms with E-state index >= 15 is 0 Å². The van der Waals surface area contributed by atoms with Crippen LogP contribution in [0.4, 0.5) is 13.2 Å². The molecular formula is C23H35F3O. The first kappa shape index (κ1) is 18.8. The minimum absolute atomic E-state index is 0.336. The van der Waals surface area contributed by atoms with Crippen molar-refractivity contribution in [3.8, 4) is 0 Å². The standard InChI is InChI=1S/C23H35F3O/c1-13-9-16(11-17-12-27-17)22(2)8-7-19-18-6-4-15(23(24,25)26)10-14(18)3-5-20(19)21(13)22/h13-21H,3-12H2,1-2H3/t13?,14-,15+,16?,17?,18+,19?,20-,21?,22-/m1/s1. The van der Waals surface area contributed by atoms with Gasteiger partial charge in [-0.25, -0.2) is 0 Å². The van der Waals surface area contributed by atoms with Crippen molar-refractivity contribution in [2.24, 2.45) is 52.8 Å². The van der Waals surface area contributed by atoms with Gasteiger partial charge in [0, 0.05) is 0 Å². The normalized spacial score (nSPS) is 54.8. The molecule has 1 heterocycles. The summed E-state index contributed by atoms with van der Waals surface area (Å²) in [7, 11) is 0. The van der Waals surface area contributed by atoms with Crippen LogP contribution in [0.2, 0.25) is 0 Å².